The fraction of sp³-hybridized carbons (Fsp3) is 0.571. The molecular weight excluding hydrogens is 128 g/mol. The lowest BCUT2D eigenvalue weighted by Gasteiger charge is -1.93. The molecule has 1 rings (SSSR count). The quantitative estimate of drug-likeness (QED) is 0.683. The van der Waals surface area contributed by atoms with Crippen molar-refractivity contribution in [2.45, 2.75) is 20.4 Å². The topological polar surface area (TPSA) is 38.1 Å². The molecule has 0 saturated carbocycles. The minimum absolute atomic E-state index is 0.730. The van der Waals surface area contributed by atoms with Gasteiger partial charge in [-0.1, -0.05) is 6.92 Å². The van der Waals surface area contributed by atoms with Gasteiger partial charge in [0.25, 0.3) is 0 Å². The zero-order chi connectivity index (χ0) is 7.40. The summed E-state index contributed by atoms with van der Waals surface area (Å²) in [4.78, 5) is 3.96. The maximum Gasteiger partial charge on any atom is 0.191 e. The molecule has 1 N–H and O–H groups in total. The zero-order valence-electron chi connectivity index (χ0n) is 6.35. The zero-order valence-corrected chi connectivity index (χ0v) is 6.35. The molecule has 0 fully saturated rings. The van der Waals surface area contributed by atoms with Crippen molar-refractivity contribution in [2.24, 2.45) is 0 Å². The molecule has 0 radical (unpaired) electrons. The van der Waals surface area contributed by atoms with E-state index in [0.717, 1.165) is 24.7 Å². The molecule has 0 aliphatic heterocycles. The molecule has 0 amide bonds. The average molecular weight is 140 g/mol. The van der Waals surface area contributed by atoms with Crippen molar-refractivity contribution in [3.05, 3.63) is 17.8 Å². The predicted molar refractivity (Wildman–Crippen MR) is 38.6 cm³/mol. The van der Waals surface area contributed by atoms with Crippen LogP contribution in [0.3, 0.4) is 0 Å². The highest BCUT2D eigenvalue weighted by atomic mass is 16.4. The molecular formula is C7H12N2O. The van der Waals surface area contributed by atoms with Crippen LogP contribution in [0.15, 0.2) is 10.6 Å². The lowest BCUT2D eigenvalue weighted by molar-refractivity contribution is 0.458. The van der Waals surface area contributed by atoms with Crippen molar-refractivity contribution < 1.29 is 4.42 Å². The van der Waals surface area contributed by atoms with Crippen LogP contribution in [0, 0.1) is 6.92 Å². The second kappa shape index (κ2) is 3.37. The van der Waals surface area contributed by atoms with Gasteiger partial charge >= 0.3 is 0 Å². The highest BCUT2D eigenvalue weighted by Gasteiger charge is 1.96. The summed E-state index contributed by atoms with van der Waals surface area (Å²) in [7, 11) is 0. The van der Waals surface area contributed by atoms with Crippen LogP contribution in [0.1, 0.15) is 18.6 Å². The highest BCUT2D eigenvalue weighted by molar-refractivity contribution is 4.91. The maximum atomic E-state index is 5.21. The Morgan fingerprint density at radius 2 is 2.50 bits per heavy atom. The molecule has 0 aliphatic carbocycles. The van der Waals surface area contributed by atoms with Crippen LogP contribution in [0.25, 0.3) is 0 Å². The van der Waals surface area contributed by atoms with Gasteiger partial charge in [-0.05, 0) is 6.54 Å². The molecule has 0 aliphatic rings. The summed E-state index contributed by atoms with van der Waals surface area (Å²) >= 11 is 0. The van der Waals surface area contributed by atoms with Gasteiger partial charge in [-0.15, -0.1) is 0 Å². The van der Waals surface area contributed by atoms with Crippen LogP contribution in [-0.2, 0) is 6.54 Å². The molecule has 0 saturated heterocycles. The normalized spacial score (nSPS) is 10.2. The second-order valence-electron chi connectivity index (χ2n) is 2.13. The minimum atomic E-state index is 0.730. The van der Waals surface area contributed by atoms with Gasteiger partial charge in [0.05, 0.1) is 12.7 Å². The Labute approximate surface area is 60.5 Å². The molecule has 56 valence electrons. The number of nitrogens with one attached hydrogen (secondary N) is 1. The number of rotatable bonds is 3. The van der Waals surface area contributed by atoms with E-state index in [2.05, 4.69) is 17.2 Å². The van der Waals surface area contributed by atoms with E-state index in [1.807, 2.05) is 6.92 Å². The first kappa shape index (κ1) is 7.28. The van der Waals surface area contributed by atoms with Crippen molar-refractivity contribution in [1.82, 2.24) is 10.3 Å². The summed E-state index contributed by atoms with van der Waals surface area (Å²) in [6, 6.07) is 0. The smallest absolute Gasteiger partial charge is 0.191 e. The third-order valence-electron chi connectivity index (χ3n) is 1.22. The minimum Gasteiger partial charge on any atom is -0.445 e. The van der Waals surface area contributed by atoms with E-state index in [1.165, 1.54) is 0 Å². The van der Waals surface area contributed by atoms with E-state index in [9.17, 15) is 0 Å². The van der Waals surface area contributed by atoms with Crippen molar-refractivity contribution in [3.8, 4) is 0 Å². The van der Waals surface area contributed by atoms with Crippen molar-refractivity contribution in [2.75, 3.05) is 6.54 Å². The fourth-order valence-electron chi connectivity index (χ4n) is 0.735. The maximum absolute atomic E-state index is 5.21. The Morgan fingerprint density at radius 3 is 3.00 bits per heavy atom. The number of nitrogens with zero attached hydrogens (tertiary/aromatic N) is 1. The molecule has 1 heterocycles. The summed E-state index contributed by atoms with van der Waals surface area (Å²) in [5.74, 6) is 1.63. The van der Waals surface area contributed by atoms with E-state index in [0.29, 0.717) is 0 Å². The van der Waals surface area contributed by atoms with Gasteiger partial charge in [0.2, 0.25) is 0 Å². The van der Waals surface area contributed by atoms with Gasteiger partial charge in [0.1, 0.15) is 5.76 Å². The van der Waals surface area contributed by atoms with Crippen molar-refractivity contribution >= 4 is 0 Å². The van der Waals surface area contributed by atoms with Crippen LogP contribution in [0.5, 0.6) is 0 Å². The van der Waals surface area contributed by atoms with Crippen LogP contribution in [-0.4, -0.2) is 11.5 Å². The van der Waals surface area contributed by atoms with Crippen LogP contribution in [0.4, 0.5) is 0 Å². The monoisotopic (exact) mass is 140 g/mol. The van der Waals surface area contributed by atoms with Crippen LogP contribution < -0.4 is 5.32 Å². The Bertz CT molecular complexity index is 195. The Morgan fingerprint density at radius 1 is 1.70 bits per heavy atom. The first-order valence-electron chi connectivity index (χ1n) is 3.45. The SMILES string of the molecule is CCNCc1cnc(C)o1. The van der Waals surface area contributed by atoms with Crippen molar-refractivity contribution in [3.63, 3.8) is 0 Å². The molecule has 0 atom stereocenters. The molecule has 10 heavy (non-hydrogen) atoms. The summed E-state index contributed by atoms with van der Waals surface area (Å²) in [5, 5.41) is 3.14. The second-order valence-corrected chi connectivity index (χ2v) is 2.13. The summed E-state index contributed by atoms with van der Waals surface area (Å²) < 4.78 is 5.21. The molecule has 0 aromatic carbocycles. The molecule has 0 spiro atoms. The number of aromatic nitrogens is 1. The standard InChI is InChI=1S/C7H12N2O/c1-3-8-4-7-5-9-6(2)10-7/h5,8H,3-4H2,1-2H3. The molecule has 3 nitrogen and oxygen atoms in total. The Balaban J connectivity index is 2.42. The van der Waals surface area contributed by atoms with E-state index in [-0.39, 0.29) is 0 Å². The lowest BCUT2D eigenvalue weighted by atomic mass is 10.5. The largest absolute Gasteiger partial charge is 0.445 e. The third kappa shape index (κ3) is 1.84. The van der Waals surface area contributed by atoms with Gasteiger partial charge in [-0.25, -0.2) is 4.98 Å². The number of oxazole rings is 1. The average Bonchev–Trinajstić information content (AvgIpc) is 2.31. The van der Waals surface area contributed by atoms with Gasteiger partial charge in [0.15, 0.2) is 5.89 Å². The van der Waals surface area contributed by atoms with E-state index < -0.39 is 0 Å². The van der Waals surface area contributed by atoms with Crippen LogP contribution >= 0.6 is 0 Å². The third-order valence-corrected chi connectivity index (χ3v) is 1.22. The number of hydrogen-bond donors (Lipinski definition) is 1. The predicted octanol–water partition coefficient (Wildman–Crippen LogP) is 1.09. The molecule has 1 aromatic rings. The number of aryl methyl sites for hydroxylation is 1. The molecule has 3 heteroatoms. The first-order valence-corrected chi connectivity index (χ1v) is 3.45. The van der Waals surface area contributed by atoms with Gasteiger partial charge in [0, 0.05) is 6.92 Å². The lowest BCUT2D eigenvalue weighted by Crippen LogP contribution is -2.10. The fourth-order valence-corrected chi connectivity index (χ4v) is 0.735. The van der Waals surface area contributed by atoms with E-state index in [1.54, 1.807) is 6.20 Å². The van der Waals surface area contributed by atoms with Gasteiger partial charge in [-0.3, -0.25) is 0 Å². The summed E-state index contributed by atoms with van der Waals surface area (Å²) in [5.41, 5.74) is 0. The van der Waals surface area contributed by atoms with Crippen LogP contribution in [0.2, 0.25) is 0 Å². The van der Waals surface area contributed by atoms with E-state index >= 15 is 0 Å². The van der Waals surface area contributed by atoms with Gasteiger partial charge < -0.3 is 9.73 Å². The molecule has 0 unspecified atom stereocenters. The Kier molecular flexibility index (Phi) is 2.45. The highest BCUT2D eigenvalue weighted by Crippen LogP contribution is 2.00. The van der Waals surface area contributed by atoms with Crippen molar-refractivity contribution in [1.29, 1.82) is 0 Å². The first-order chi connectivity index (χ1) is 4.83. The number of hydrogen-bond acceptors (Lipinski definition) is 3. The van der Waals surface area contributed by atoms with Gasteiger partial charge in [-0.2, -0.15) is 0 Å². The Hall–Kier alpha value is -0.830. The molecule has 1 aromatic heterocycles. The molecule has 0 bridgehead atoms. The van der Waals surface area contributed by atoms with E-state index in [4.69, 9.17) is 4.42 Å². The summed E-state index contributed by atoms with van der Waals surface area (Å²) in [6.45, 7) is 5.63. The summed E-state index contributed by atoms with van der Waals surface area (Å²) in [6.07, 6.45) is 1.75.